The van der Waals surface area contributed by atoms with Gasteiger partial charge in [-0.1, -0.05) is 11.6 Å². The Hall–Kier alpha value is -0.700. The molecule has 0 aliphatic heterocycles. The van der Waals surface area contributed by atoms with Gasteiger partial charge in [-0.05, 0) is 0 Å². The van der Waals surface area contributed by atoms with Crippen molar-refractivity contribution >= 4 is 11.6 Å². The highest BCUT2D eigenvalue weighted by atomic mass is 35.5. The second kappa shape index (κ2) is 2.27. The molecule has 0 unspecified atom stereocenters. The lowest BCUT2D eigenvalue weighted by Crippen LogP contribution is -1.86. The predicted octanol–water partition coefficient (Wildman–Crippen LogP) is 1.81. The average Bonchev–Trinajstić information content (AvgIpc) is 1.83. The summed E-state index contributed by atoms with van der Waals surface area (Å²) in [5.41, 5.74) is 0. The monoisotopic (exact) mass is 148 g/mol. The largest absolute Gasteiger partial charge is 0.234 e. The van der Waals surface area contributed by atoms with E-state index in [1.54, 1.807) is 0 Å². The van der Waals surface area contributed by atoms with E-state index in [4.69, 9.17) is 11.6 Å². The summed E-state index contributed by atoms with van der Waals surface area (Å²) in [5.74, 6) is -1.92. The standard InChI is InChI=1S/C5HClF2N/c6-4-3(7)1-2-9-5(4)8/h2H. The first-order chi connectivity index (χ1) is 4.22. The van der Waals surface area contributed by atoms with Crippen molar-refractivity contribution in [3.8, 4) is 0 Å². The first-order valence-corrected chi connectivity index (χ1v) is 2.47. The molecule has 0 aliphatic rings. The molecule has 0 aliphatic carbocycles. The van der Waals surface area contributed by atoms with Crippen LogP contribution in [0.1, 0.15) is 0 Å². The highest BCUT2D eigenvalue weighted by Gasteiger charge is 2.04. The van der Waals surface area contributed by atoms with Crippen LogP contribution in [0.5, 0.6) is 0 Å². The molecule has 1 aromatic heterocycles. The van der Waals surface area contributed by atoms with Crippen molar-refractivity contribution < 1.29 is 8.78 Å². The topological polar surface area (TPSA) is 12.9 Å². The number of hydrogen-bond donors (Lipinski definition) is 0. The Morgan fingerprint density at radius 1 is 1.56 bits per heavy atom. The third kappa shape index (κ3) is 1.16. The van der Waals surface area contributed by atoms with Crippen LogP contribution in [0.4, 0.5) is 8.78 Å². The predicted molar refractivity (Wildman–Crippen MR) is 28.0 cm³/mol. The van der Waals surface area contributed by atoms with Gasteiger partial charge in [0.1, 0.15) is 5.02 Å². The maximum Gasteiger partial charge on any atom is 0.234 e. The van der Waals surface area contributed by atoms with E-state index in [1.807, 2.05) is 6.07 Å². The van der Waals surface area contributed by atoms with Crippen LogP contribution in [0.2, 0.25) is 5.02 Å². The smallest absolute Gasteiger partial charge is 0.226 e. The minimum Gasteiger partial charge on any atom is -0.226 e. The first-order valence-electron chi connectivity index (χ1n) is 2.09. The van der Waals surface area contributed by atoms with Crippen molar-refractivity contribution in [3.63, 3.8) is 0 Å². The lowest BCUT2D eigenvalue weighted by molar-refractivity contribution is 0.551. The third-order valence-corrected chi connectivity index (χ3v) is 1.06. The van der Waals surface area contributed by atoms with Crippen molar-refractivity contribution in [1.29, 1.82) is 0 Å². The van der Waals surface area contributed by atoms with Crippen LogP contribution in [0.15, 0.2) is 6.20 Å². The van der Waals surface area contributed by atoms with Gasteiger partial charge in [0.2, 0.25) is 5.95 Å². The number of pyridine rings is 1. The molecule has 0 saturated carbocycles. The molecule has 9 heavy (non-hydrogen) atoms. The Morgan fingerprint density at radius 3 is 2.67 bits per heavy atom. The summed E-state index contributed by atoms with van der Waals surface area (Å²) in [6.45, 7) is 0. The number of nitrogens with zero attached hydrogens (tertiary/aromatic N) is 1. The van der Waals surface area contributed by atoms with E-state index in [1.165, 1.54) is 0 Å². The highest BCUT2D eigenvalue weighted by molar-refractivity contribution is 6.30. The molecule has 0 amide bonds. The number of halogens is 3. The van der Waals surface area contributed by atoms with Crippen molar-refractivity contribution in [1.82, 2.24) is 4.98 Å². The summed E-state index contributed by atoms with van der Waals surface area (Å²) < 4.78 is 24.2. The molecule has 0 fully saturated rings. The van der Waals surface area contributed by atoms with Crippen molar-refractivity contribution in [2.45, 2.75) is 0 Å². The summed E-state index contributed by atoms with van der Waals surface area (Å²) in [7, 11) is 0. The number of aromatic nitrogens is 1. The molecule has 0 bridgehead atoms. The Kier molecular flexibility index (Phi) is 1.62. The number of rotatable bonds is 0. The molecule has 4 heteroatoms. The zero-order valence-corrected chi connectivity index (χ0v) is 4.91. The summed E-state index contributed by atoms with van der Waals surface area (Å²) in [4.78, 5) is 3.05. The van der Waals surface area contributed by atoms with Gasteiger partial charge in [0.15, 0.2) is 5.82 Å². The molecule has 1 heterocycles. The van der Waals surface area contributed by atoms with Crippen LogP contribution in [0, 0.1) is 17.8 Å². The molecule has 1 aromatic rings. The molecule has 1 radical (unpaired) electrons. The second-order valence-electron chi connectivity index (χ2n) is 1.32. The van der Waals surface area contributed by atoms with Crippen molar-refractivity contribution in [3.05, 3.63) is 29.1 Å². The van der Waals surface area contributed by atoms with Gasteiger partial charge in [0.25, 0.3) is 0 Å². The van der Waals surface area contributed by atoms with Crippen LogP contribution < -0.4 is 0 Å². The summed E-state index contributed by atoms with van der Waals surface area (Å²) in [5, 5.41) is -0.613. The lowest BCUT2D eigenvalue weighted by Gasteiger charge is -1.90. The van der Waals surface area contributed by atoms with Gasteiger partial charge >= 0.3 is 0 Å². The summed E-state index contributed by atoms with van der Waals surface area (Å²) in [6.07, 6.45) is 0.885. The van der Waals surface area contributed by atoms with Crippen molar-refractivity contribution in [2.75, 3.05) is 0 Å². The Bertz CT molecular complexity index is 206. The van der Waals surface area contributed by atoms with Crippen LogP contribution >= 0.6 is 11.6 Å². The van der Waals surface area contributed by atoms with E-state index in [9.17, 15) is 8.78 Å². The average molecular weight is 149 g/mol. The van der Waals surface area contributed by atoms with E-state index in [0.29, 0.717) is 0 Å². The van der Waals surface area contributed by atoms with E-state index in [2.05, 4.69) is 4.98 Å². The maximum atomic E-state index is 12.1. The van der Waals surface area contributed by atoms with Crippen LogP contribution in [-0.2, 0) is 0 Å². The molecule has 0 N–H and O–H groups in total. The second-order valence-corrected chi connectivity index (χ2v) is 1.70. The fraction of sp³-hybridized carbons (Fsp3) is 0. The van der Waals surface area contributed by atoms with Gasteiger partial charge in [-0.3, -0.25) is 0 Å². The zero-order valence-electron chi connectivity index (χ0n) is 4.16. The summed E-state index contributed by atoms with van der Waals surface area (Å²) in [6, 6.07) is 1.99. The zero-order chi connectivity index (χ0) is 6.85. The number of hydrogen-bond acceptors (Lipinski definition) is 1. The quantitative estimate of drug-likeness (QED) is 0.512. The molecule has 47 valence electrons. The molecule has 0 spiro atoms. The van der Waals surface area contributed by atoms with E-state index < -0.39 is 16.8 Å². The van der Waals surface area contributed by atoms with Gasteiger partial charge < -0.3 is 0 Å². The Balaban J connectivity index is 3.25. The van der Waals surface area contributed by atoms with Crippen LogP contribution in [0.3, 0.4) is 0 Å². The molecule has 0 aromatic carbocycles. The first kappa shape index (κ1) is 6.42. The third-order valence-electron chi connectivity index (χ3n) is 0.743. The highest BCUT2D eigenvalue weighted by Crippen LogP contribution is 2.14. The fourth-order valence-corrected chi connectivity index (χ4v) is 0.460. The molecular formula is C5HClF2N. The van der Waals surface area contributed by atoms with E-state index in [-0.39, 0.29) is 0 Å². The lowest BCUT2D eigenvalue weighted by atomic mass is 10.5. The van der Waals surface area contributed by atoms with Gasteiger partial charge in [0, 0.05) is 12.3 Å². The molecular weight excluding hydrogens is 148 g/mol. The van der Waals surface area contributed by atoms with Gasteiger partial charge in [0.05, 0.1) is 0 Å². The van der Waals surface area contributed by atoms with E-state index in [0.717, 1.165) is 6.20 Å². The minimum atomic E-state index is -1.01. The van der Waals surface area contributed by atoms with Crippen LogP contribution in [-0.4, -0.2) is 4.98 Å². The molecule has 1 rings (SSSR count). The molecule has 0 atom stereocenters. The Labute approximate surface area is 55.3 Å². The van der Waals surface area contributed by atoms with Crippen LogP contribution in [0.25, 0.3) is 0 Å². The fourth-order valence-electron chi connectivity index (χ4n) is 0.356. The minimum absolute atomic E-state index is 0.613. The maximum absolute atomic E-state index is 12.1. The SMILES string of the molecule is Fc1[c]cnc(F)c1Cl. The Morgan fingerprint density at radius 2 is 2.22 bits per heavy atom. The molecule has 1 nitrogen and oxygen atoms in total. The summed E-state index contributed by atoms with van der Waals surface area (Å²) >= 11 is 5.03. The van der Waals surface area contributed by atoms with E-state index >= 15 is 0 Å². The molecule has 0 saturated heterocycles. The normalized spacial score (nSPS) is 9.67. The van der Waals surface area contributed by atoms with Gasteiger partial charge in [-0.2, -0.15) is 4.39 Å². The van der Waals surface area contributed by atoms with Gasteiger partial charge in [-0.25, -0.2) is 9.37 Å². The van der Waals surface area contributed by atoms with Crippen molar-refractivity contribution in [2.24, 2.45) is 0 Å². The van der Waals surface area contributed by atoms with Gasteiger partial charge in [-0.15, -0.1) is 0 Å².